The van der Waals surface area contributed by atoms with Crippen molar-refractivity contribution in [3.8, 4) is 11.5 Å². The average Bonchev–Trinajstić information content (AvgIpc) is 2.68. The van der Waals surface area contributed by atoms with Gasteiger partial charge in [0.05, 0.1) is 31.0 Å². The van der Waals surface area contributed by atoms with Gasteiger partial charge in [0.2, 0.25) is 0 Å². The zero-order chi connectivity index (χ0) is 20.1. The molecule has 2 aromatic rings. The summed E-state index contributed by atoms with van der Waals surface area (Å²) < 4.78 is 10.8. The first-order valence-electron chi connectivity index (χ1n) is 8.99. The Balaban J connectivity index is 1.92. The lowest BCUT2D eigenvalue weighted by atomic mass is 9.95. The third-order valence-electron chi connectivity index (χ3n) is 4.39. The van der Waals surface area contributed by atoms with Crippen LogP contribution in [0.4, 0.5) is 5.69 Å². The number of benzene rings is 2. The molecule has 7 heteroatoms. The van der Waals surface area contributed by atoms with E-state index in [1.807, 2.05) is 50.2 Å². The Bertz CT molecular complexity index is 909. The van der Waals surface area contributed by atoms with Crippen LogP contribution in [0.3, 0.4) is 0 Å². The number of allylic oxidation sites excluding steroid dienone is 1. The van der Waals surface area contributed by atoms with Crippen LogP contribution in [0.15, 0.2) is 59.8 Å². The van der Waals surface area contributed by atoms with Gasteiger partial charge in [-0.15, -0.1) is 0 Å². The van der Waals surface area contributed by atoms with Crippen LogP contribution in [-0.2, 0) is 4.79 Å². The van der Waals surface area contributed by atoms with E-state index in [9.17, 15) is 4.79 Å². The number of anilines is 1. The summed E-state index contributed by atoms with van der Waals surface area (Å²) in [4.78, 5) is 13.1. The average molecular weight is 398 g/mol. The molecular formula is C21H23N3O3S. The number of carbonyl (C=O) groups is 1. The Hall–Kier alpha value is -3.06. The Morgan fingerprint density at radius 1 is 1.18 bits per heavy atom. The second kappa shape index (κ2) is 8.75. The summed E-state index contributed by atoms with van der Waals surface area (Å²) in [6.45, 7) is 4.37. The molecule has 0 saturated carbocycles. The molecule has 2 aromatic carbocycles. The molecule has 3 rings (SSSR count). The third-order valence-corrected chi connectivity index (χ3v) is 4.61. The van der Waals surface area contributed by atoms with E-state index in [4.69, 9.17) is 21.7 Å². The van der Waals surface area contributed by atoms with Gasteiger partial charge >= 0.3 is 0 Å². The van der Waals surface area contributed by atoms with E-state index in [1.165, 1.54) is 0 Å². The fraction of sp³-hybridized carbons (Fsp3) is 0.238. The molecule has 1 aliphatic heterocycles. The largest absolute Gasteiger partial charge is 0.495 e. The highest BCUT2D eigenvalue weighted by molar-refractivity contribution is 7.80. The highest BCUT2D eigenvalue weighted by Gasteiger charge is 2.30. The van der Waals surface area contributed by atoms with Gasteiger partial charge in [-0.3, -0.25) is 4.79 Å². The number of hydrogen-bond acceptors (Lipinski definition) is 4. The van der Waals surface area contributed by atoms with Gasteiger partial charge in [-0.05, 0) is 55.9 Å². The molecule has 1 atom stereocenters. The summed E-state index contributed by atoms with van der Waals surface area (Å²) in [5, 5.41) is 9.64. The van der Waals surface area contributed by atoms with Crippen LogP contribution in [0.1, 0.15) is 25.5 Å². The summed E-state index contributed by atoms with van der Waals surface area (Å²) in [5.41, 5.74) is 2.78. The van der Waals surface area contributed by atoms with Gasteiger partial charge in [-0.1, -0.05) is 24.3 Å². The van der Waals surface area contributed by atoms with Crippen molar-refractivity contribution in [2.45, 2.75) is 19.9 Å². The Morgan fingerprint density at radius 2 is 1.89 bits per heavy atom. The van der Waals surface area contributed by atoms with Gasteiger partial charge in [0.25, 0.3) is 5.91 Å². The summed E-state index contributed by atoms with van der Waals surface area (Å²) in [6.07, 6.45) is 0. The van der Waals surface area contributed by atoms with Crippen LogP contribution in [0.2, 0.25) is 0 Å². The van der Waals surface area contributed by atoms with Gasteiger partial charge in [0.15, 0.2) is 5.11 Å². The van der Waals surface area contributed by atoms with Crippen LogP contribution in [0.25, 0.3) is 0 Å². The highest BCUT2D eigenvalue weighted by atomic mass is 32.1. The Labute approximate surface area is 169 Å². The Morgan fingerprint density at radius 3 is 2.57 bits per heavy atom. The number of thiocarbonyl (C=S) groups is 1. The summed E-state index contributed by atoms with van der Waals surface area (Å²) in [5.74, 6) is 1.14. The van der Waals surface area contributed by atoms with Crippen LogP contribution in [0.5, 0.6) is 11.5 Å². The van der Waals surface area contributed by atoms with E-state index in [2.05, 4.69) is 16.0 Å². The monoisotopic (exact) mass is 397 g/mol. The number of nitrogens with one attached hydrogen (secondary N) is 3. The molecule has 0 aromatic heterocycles. The van der Waals surface area contributed by atoms with Crippen LogP contribution in [0, 0.1) is 0 Å². The van der Waals surface area contributed by atoms with E-state index in [0.29, 0.717) is 34.4 Å². The second-order valence-corrected chi connectivity index (χ2v) is 6.63. The van der Waals surface area contributed by atoms with E-state index in [1.54, 1.807) is 19.2 Å². The first-order chi connectivity index (χ1) is 13.5. The van der Waals surface area contributed by atoms with Gasteiger partial charge in [-0.2, -0.15) is 0 Å². The molecule has 0 bridgehead atoms. The molecule has 1 amide bonds. The van der Waals surface area contributed by atoms with Crippen LogP contribution >= 0.6 is 12.2 Å². The molecule has 146 valence electrons. The van der Waals surface area contributed by atoms with Crippen molar-refractivity contribution in [1.82, 2.24) is 10.6 Å². The molecule has 28 heavy (non-hydrogen) atoms. The number of amides is 1. The number of hydrogen-bond donors (Lipinski definition) is 3. The van der Waals surface area contributed by atoms with Crippen molar-refractivity contribution in [2.75, 3.05) is 19.0 Å². The first kappa shape index (κ1) is 19.7. The smallest absolute Gasteiger partial charge is 0.255 e. The topological polar surface area (TPSA) is 71.6 Å². The van der Waals surface area contributed by atoms with Crippen molar-refractivity contribution >= 4 is 28.9 Å². The molecule has 0 fully saturated rings. The molecule has 1 aliphatic rings. The molecule has 6 nitrogen and oxygen atoms in total. The van der Waals surface area contributed by atoms with Crippen molar-refractivity contribution in [3.63, 3.8) is 0 Å². The minimum absolute atomic E-state index is 0.233. The fourth-order valence-corrected chi connectivity index (χ4v) is 3.38. The molecule has 0 unspecified atom stereocenters. The molecule has 1 heterocycles. The van der Waals surface area contributed by atoms with Gasteiger partial charge in [0.1, 0.15) is 11.5 Å². The summed E-state index contributed by atoms with van der Waals surface area (Å²) in [6, 6.07) is 14.5. The molecule has 3 N–H and O–H groups in total. The summed E-state index contributed by atoms with van der Waals surface area (Å²) in [7, 11) is 1.57. The highest BCUT2D eigenvalue weighted by Crippen LogP contribution is 2.30. The zero-order valence-electron chi connectivity index (χ0n) is 16.0. The number of ether oxygens (including phenoxy) is 2. The lowest BCUT2D eigenvalue weighted by Gasteiger charge is -2.30. The normalized spacial score (nSPS) is 16.1. The van der Waals surface area contributed by atoms with Gasteiger partial charge in [0, 0.05) is 5.70 Å². The lowest BCUT2D eigenvalue weighted by molar-refractivity contribution is -0.113. The van der Waals surface area contributed by atoms with Crippen molar-refractivity contribution in [2.24, 2.45) is 0 Å². The first-order valence-corrected chi connectivity index (χ1v) is 9.39. The van der Waals surface area contributed by atoms with E-state index in [0.717, 1.165) is 11.3 Å². The van der Waals surface area contributed by atoms with E-state index < -0.39 is 0 Å². The standard InChI is InChI=1S/C21H23N3O3S/c1-4-27-15-11-9-14(10-12-15)19-18(13(2)22-21(28)24-19)20(25)23-16-7-5-6-8-17(16)26-3/h5-12,19H,4H2,1-3H3,(H,23,25)(H2,22,24,28)/t19-/m1/s1. The number of rotatable bonds is 6. The van der Waals surface area contributed by atoms with Gasteiger partial charge < -0.3 is 25.4 Å². The molecular weight excluding hydrogens is 374 g/mol. The van der Waals surface area contributed by atoms with Gasteiger partial charge in [-0.25, -0.2) is 0 Å². The van der Waals surface area contributed by atoms with Crippen molar-refractivity contribution < 1.29 is 14.3 Å². The maximum Gasteiger partial charge on any atom is 0.255 e. The van der Waals surface area contributed by atoms with Crippen LogP contribution in [-0.4, -0.2) is 24.7 Å². The van der Waals surface area contributed by atoms with E-state index in [-0.39, 0.29) is 11.9 Å². The third kappa shape index (κ3) is 4.26. The number of para-hydroxylation sites is 2. The molecule has 0 radical (unpaired) electrons. The molecule has 0 spiro atoms. The van der Waals surface area contributed by atoms with Crippen molar-refractivity contribution in [3.05, 3.63) is 65.4 Å². The minimum atomic E-state index is -0.376. The maximum absolute atomic E-state index is 13.1. The number of carbonyl (C=O) groups excluding carboxylic acids is 1. The van der Waals surface area contributed by atoms with Crippen LogP contribution < -0.4 is 25.4 Å². The summed E-state index contributed by atoms with van der Waals surface area (Å²) >= 11 is 5.30. The lowest BCUT2D eigenvalue weighted by Crippen LogP contribution is -2.45. The minimum Gasteiger partial charge on any atom is -0.495 e. The quantitative estimate of drug-likeness (QED) is 0.648. The predicted octanol–water partition coefficient (Wildman–Crippen LogP) is 3.53. The maximum atomic E-state index is 13.1. The molecule has 0 saturated heterocycles. The predicted molar refractivity (Wildman–Crippen MR) is 114 cm³/mol. The van der Waals surface area contributed by atoms with E-state index >= 15 is 0 Å². The fourth-order valence-electron chi connectivity index (χ4n) is 3.11. The Kier molecular flexibility index (Phi) is 6.16. The second-order valence-electron chi connectivity index (χ2n) is 6.23. The zero-order valence-corrected chi connectivity index (χ0v) is 16.9. The SMILES string of the molecule is CCOc1ccc([C@H]2NC(=S)NC(C)=C2C(=O)Nc2ccccc2OC)cc1. The molecule has 0 aliphatic carbocycles. The number of methoxy groups -OCH3 is 1. The van der Waals surface area contributed by atoms with Crippen molar-refractivity contribution in [1.29, 1.82) is 0 Å².